The first-order valence-electron chi connectivity index (χ1n) is 4.68. The first-order valence-corrected chi connectivity index (χ1v) is 4.68. The van der Waals surface area contributed by atoms with E-state index in [1.165, 1.54) is 0 Å². The highest BCUT2D eigenvalue weighted by Crippen LogP contribution is 2.25. The number of hydrogen-bond acceptors (Lipinski definition) is 2. The molecule has 3 atom stereocenters. The van der Waals surface area contributed by atoms with Gasteiger partial charge in [-0.3, -0.25) is 0 Å². The average molecular weight is 174 g/mol. The average Bonchev–Trinajstić information content (AvgIpc) is 2.05. The molecule has 0 aromatic carbocycles. The van der Waals surface area contributed by atoms with E-state index in [-0.39, 0.29) is 12.6 Å². The van der Waals surface area contributed by atoms with Crippen LogP contribution >= 0.6 is 0 Å². The first kappa shape index (κ1) is 9.93. The molecule has 3 N–H and O–H groups in total. The Morgan fingerprint density at radius 1 is 1.67 bits per heavy atom. The summed E-state index contributed by atoms with van der Waals surface area (Å²) in [5.74, 6) is 0.623. The number of piperidine rings is 1. The lowest BCUT2D eigenvalue weighted by Gasteiger charge is -2.36. The highest BCUT2D eigenvalue weighted by atomic mass is 19.1. The van der Waals surface area contributed by atoms with Crippen molar-refractivity contribution in [3.63, 3.8) is 0 Å². The topological polar surface area (TPSA) is 38.0 Å². The van der Waals surface area contributed by atoms with E-state index in [0.717, 1.165) is 19.4 Å². The van der Waals surface area contributed by atoms with Crippen molar-refractivity contribution in [1.82, 2.24) is 5.32 Å². The molecule has 0 radical (unpaired) electrons. The highest BCUT2D eigenvalue weighted by molar-refractivity contribution is 4.92. The van der Waals surface area contributed by atoms with Crippen molar-refractivity contribution in [3.05, 3.63) is 0 Å². The second kappa shape index (κ2) is 3.71. The summed E-state index contributed by atoms with van der Waals surface area (Å²) in [6.07, 6.45) is 2.06. The van der Waals surface area contributed by atoms with E-state index in [4.69, 9.17) is 5.73 Å². The molecule has 0 aromatic heterocycles. The predicted molar refractivity (Wildman–Crippen MR) is 48.8 cm³/mol. The van der Waals surface area contributed by atoms with Crippen molar-refractivity contribution >= 4 is 0 Å². The molecule has 0 aliphatic carbocycles. The second-order valence-corrected chi connectivity index (χ2v) is 4.12. The standard InChI is InChI=1S/C9H19FN2/c1-7-3-4-12-8(5-7)9(2,10)6-11/h7-8,12H,3-6,11H2,1-2H3. The monoisotopic (exact) mass is 174 g/mol. The van der Waals surface area contributed by atoms with Crippen LogP contribution in [0.5, 0.6) is 0 Å². The van der Waals surface area contributed by atoms with Gasteiger partial charge in [-0.2, -0.15) is 0 Å². The van der Waals surface area contributed by atoms with Crippen LogP contribution in [0.1, 0.15) is 26.7 Å². The summed E-state index contributed by atoms with van der Waals surface area (Å²) in [6, 6.07) is -0.0498. The zero-order valence-electron chi connectivity index (χ0n) is 7.94. The molecule has 72 valence electrons. The number of nitrogens with two attached hydrogens (primary N) is 1. The Kier molecular flexibility index (Phi) is 3.07. The number of rotatable bonds is 2. The predicted octanol–water partition coefficient (Wildman–Crippen LogP) is 1.06. The van der Waals surface area contributed by atoms with Crippen LogP contribution in [0.3, 0.4) is 0 Å². The molecule has 3 unspecified atom stereocenters. The molecule has 0 spiro atoms. The Bertz CT molecular complexity index is 147. The van der Waals surface area contributed by atoms with Crippen molar-refractivity contribution < 1.29 is 4.39 Å². The molecule has 1 rings (SSSR count). The largest absolute Gasteiger partial charge is 0.327 e. The van der Waals surface area contributed by atoms with Crippen molar-refractivity contribution in [2.24, 2.45) is 11.7 Å². The minimum absolute atomic E-state index is 0.0498. The summed E-state index contributed by atoms with van der Waals surface area (Å²) < 4.78 is 13.7. The van der Waals surface area contributed by atoms with Crippen LogP contribution in [0.4, 0.5) is 4.39 Å². The number of halogens is 1. The fourth-order valence-corrected chi connectivity index (χ4v) is 1.71. The Balaban J connectivity index is 2.50. The minimum atomic E-state index is -1.24. The fraction of sp³-hybridized carbons (Fsp3) is 1.00. The molecule has 12 heavy (non-hydrogen) atoms. The van der Waals surface area contributed by atoms with Gasteiger partial charge in [0.15, 0.2) is 0 Å². The molecule has 1 aliphatic rings. The molecule has 0 aromatic rings. The molecular formula is C9H19FN2. The Labute approximate surface area is 73.7 Å². The van der Waals surface area contributed by atoms with Crippen LogP contribution in [0.25, 0.3) is 0 Å². The lowest BCUT2D eigenvalue weighted by atomic mass is 9.85. The Morgan fingerprint density at radius 2 is 2.33 bits per heavy atom. The van der Waals surface area contributed by atoms with E-state index in [2.05, 4.69) is 12.2 Å². The lowest BCUT2D eigenvalue weighted by Crippen LogP contribution is -2.53. The van der Waals surface area contributed by atoms with Gasteiger partial charge in [-0.1, -0.05) is 6.92 Å². The molecule has 0 amide bonds. The number of nitrogens with one attached hydrogen (secondary N) is 1. The molecule has 2 nitrogen and oxygen atoms in total. The summed E-state index contributed by atoms with van der Waals surface area (Å²) >= 11 is 0. The molecule has 3 heteroatoms. The molecule has 0 bridgehead atoms. The smallest absolute Gasteiger partial charge is 0.135 e. The molecule has 1 fully saturated rings. The van der Waals surface area contributed by atoms with Crippen LogP contribution in [-0.4, -0.2) is 24.8 Å². The van der Waals surface area contributed by atoms with Crippen LogP contribution in [0, 0.1) is 5.92 Å². The first-order chi connectivity index (χ1) is 5.56. The van der Waals surface area contributed by atoms with Crippen LogP contribution < -0.4 is 11.1 Å². The number of hydrogen-bond donors (Lipinski definition) is 2. The molecule has 1 heterocycles. The summed E-state index contributed by atoms with van der Waals surface area (Å²) in [7, 11) is 0. The quantitative estimate of drug-likeness (QED) is 0.657. The molecule has 1 saturated heterocycles. The zero-order chi connectivity index (χ0) is 9.19. The third-order valence-electron chi connectivity index (χ3n) is 2.79. The van der Waals surface area contributed by atoms with E-state index in [0.29, 0.717) is 5.92 Å². The Hall–Kier alpha value is -0.150. The molecule has 0 saturated carbocycles. The maximum atomic E-state index is 13.7. The van der Waals surface area contributed by atoms with Crippen LogP contribution in [-0.2, 0) is 0 Å². The normalized spacial score (nSPS) is 36.0. The van der Waals surface area contributed by atoms with Gasteiger partial charge >= 0.3 is 0 Å². The third-order valence-corrected chi connectivity index (χ3v) is 2.79. The van der Waals surface area contributed by atoms with Gasteiger partial charge in [-0.25, -0.2) is 4.39 Å². The van der Waals surface area contributed by atoms with Gasteiger partial charge < -0.3 is 11.1 Å². The Morgan fingerprint density at radius 3 is 2.83 bits per heavy atom. The molecular weight excluding hydrogens is 155 g/mol. The van der Waals surface area contributed by atoms with Gasteiger partial charge in [0.1, 0.15) is 5.67 Å². The van der Waals surface area contributed by atoms with Gasteiger partial charge in [0.25, 0.3) is 0 Å². The number of alkyl halides is 1. The van der Waals surface area contributed by atoms with Gasteiger partial charge in [0.05, 0.1) is 0 Å². The molecule has 1 aliphatic heterocycles. The van der Waals surface area contributed by atoms with Crippen LogP contribution in [0.15, 0.2) is 0 Å². The maximum Gasteiger partial charge on any atom is 0.135 e. The van der Waals surface area contributed by atoms with Crippen molar-refractivity contribution in [2.75, 3.05) is 13.1 Å². The summed E-state index contributed by atoms with van der Waals surface area (Å²) in [4.78, 5) is 0. The van der Waals surface area contributed by atoms with Crippen molar-refractivity contribution in [3.8, 4) is 0 Å². The lowest BCUT2D eigenvalue weighted by molar-refractivity contribution is 0.103. The fourth-order valence-electron chi connectivity index (χ4n) is 1.71. The van der Waals surface area contributed by atoms with Gasteiger partial charge in [0, 0.05) is 12.6 Å². The zero-order valence-corrected chi connectivity index (χ0v) is 7.94. The van der Waals surface area contributed by atoms with E-state index in [1.54, 1.807) is 6.92 Å². The van der Waals surface area contributed by atoms with E-state index in [1.807, 2.05) is 0 Å². The van der Waals surface area contributed by atoms with Crippen molar-refractivity contribution in [2.45, 2.75) is 38.4 Å². The van der Waals surface area contributed by atoms with E-state index in [9.17, 15) is 4.39 Å². The van der Waals surface area contributed by atoms with Crippen molar-refractivity contribution in [1.29, 1.82) is 0 Å². The summed E-state index contributed by atoms with van der Waals surface area (Å²) in [6.45, 7) is 4.78. The summed E-state index contributed by atoms with van der Waals surface area (Å²) in [5.41, 5.74) is 4.13. The third kappa shape index (κ3) is 2.17. The van der Waals surface area contributed by atoms with Gasteiger partial charge in [-0.15, -0.1) is 0 Å². The van der Waals surface area contributed by atoms with Gasteiger partial charge in [-0.05, 0) is 32.2 Å². The van der Waals surface area contributed by atoms with Gasteiger partial charge in [0.2, 0.25) is 0 Å². The SMILES string of the molecule is CC1CCNC(C(C)(F)CN)C1. The minimum Gasteiger partial charge on any atom is -0.327 e. The van der Waals surface area contributed by atoms with Crippen LogP contribution in [0.2, 0.25) is 0 Å². The summed E-state index contributed by atoms with van der Waals surface area (Å²) in [5, 5.41) is 3.19. The highest BCUT2D eigenvalue weighted by Gasteiger charge is 2.35. The van der Waals surface area contributed by atoms with E-state index < -0.39 is 5.67 Å². The second-order valence-electron chi connectivity index (χ2n) is 4.12. The van der Waals surface area contributed by atoms with E-state index >= 15 is 0 Å². The maximum absolute atomic E-state index is 13.7.